The summed E-state index contributed by atoms with van der Waals surface area (Å²) in [4.78, 5) is 28.7. The van der Waals surface area contributed by atoms with Crippen LogP contribution < -0.4 is 10.1 Å². The van der Waals surface area contributed by atoms with E-state index in [1.165, 1.54) is 11.3 Å². The summed E-state index contributed by atoms with van der Waals surface area (Å²) in [5.74, 6) is -0.0132. The second-order valence-electron chi connectivity index (χ2n) is 6.63. The highest BCUT2D eigenvalue weighted by Gasteiger charge is 2.16. The molecule has 150 valence electrons. The highest BCUT2D eigenvalue weighted by atomic mass is 32.1. The van der Waals surface area contributed by atoms with Gasteiger partial charge in [-0.1, -0.05) is 32.0 Å². The van der Waals surface area contributed by atoms with E-state index in [-0.39, 0.29) is 18.2 Å². The molecule has 3 aromatic rings. The molecule has 1 aromatic heterocycles. The van der Waals surface area contributed by atoms with E-state index >= 15 is 0 Å². The van der Waals surface area contributed by atoms with Crippen molar-refractivity contribution in [3.63, 3.8) is 0 Å². The average molecular weight is 410 g/mol. The van der Waals surface area contributed by atoms with Crippen LogP contribution in [-0.2, 0) is 9.53 Å². The smallest absolute Gasteiger partial charge is 0.358 e. The number of thiazole rings is 1. The lowest BCUT2D eigenvalue weighted by Crippen LogP contribution is -2.21. The minimum Gasteiger partial charge on any atom is -0.497 e. The first-order valence-corrected chi connectivity index (χ1v) is 10.0. The number of rotatable bonds is 7. The lowest BCUT2D eigenvalue weighted by atomic mass is 10.0. The van der Waals surface area contributed by atoms with Gasteiger partial charge in [-0.25, -0.2) is 9.78 Å². The molecule has 0 saturated carbocycles. The minimum absolute atomic E-state index is 0.177. The second-order valence-corrected chi connectivity index (χ2v) is 7.49. The first-order chi connectivity index (χ1) is 14.0. The Kier molecular flexibility index (Phi) is 6.61. The zero-order chi connectivity index (χ0) is 20.8. The van der Waals surface area contributed by atoms with Gasteiger partial charge in [-0.05, 0) is 41.8 Å². The molecule has 6 nitrogen and oxygen atoms in total. The molecule has 29 heavy (non-hydrogen) atoms. The largest absolute Gasteiger partial charge is 0.497 e. The summed E-state index contributed by atoms with van der Waals surface area (Å²) in [6, 6.07) is 15.0. The number of nitrogens with zero attached hydrogens (tertiary/aromatic N) is 1. The van der Waals surface area contributed by atoms with Crippen LogP contribution in [0.3, 0.4) is 0 Å². The van der Waals surface area contributed by atoms with Crippen LogP contribution in [0.2, 0.25) is 0 Å². The Morgan fingerprint density at radius 3 is 2.52 bits per heavy atom. The van der Waals surface area contributed by atoms with Crippen LogP contribution >= 0.6 is 11.3 Å². The molecule has 0 atom stereocenters. The van der Waals surface area contributed by atoms with Gasteiger partial charge >= 0.3 is 5.97 Å². The summed E-state index contributed by atoms with van der Waals surface area (Å²) < 4.78 is 10.3. The van der Waals surface area contributed by atoms with Gasteiger partial charge in [0.05, 0.1) is 7.11 Å². The van der Waals surface area contributed by atoms with E-state index in [1.807, 2.05) is 62.4 Å². The van der Waals surface area contributed by atoms with Gasteiger partial charge in [0.15, 0.2) is 12.3 Å². The zero-order valence-electron chi connectivity index (χ0n) is 16.5. The topological polar surface area (TPSA) is 77.5 Å². The molecule has 1 N–H and O–H groups in total. The average Bonchev–Trinajstić information content (AvgIpc) is 3.22. The van der Waals surface area contributed by atoms with Crippen LogP contribution in [0, 0.1) is 0 Å². The van der Waals surface area contributed by atoms with Crippen molar-refractivity contribution in [2.24, 2.45) is 0 Å². The molecule has 0 spiro atoms. The summed E-state index contributed by atoms with van der Waals surface area (Å²) in [5.41, 5.74) is 2.80. The molecule has 0 unspecified atom stereocenters. The Morgan fingerprint density at radius 2 is 1.83 bits per heavy atom. The Bertz CT molecular complexity index is 996. The molecule has 0 aliphatic carbocycles. The van der Waals surface area contributed by atoms with Crippen LogP contribution in [0.1, 0.15) is 35.8 Å². The van der Waals surface area contributed by atoms with Crippen molar-refractivity contribution in [3.05, 3.63) is 65.2 Å². The molecule has 1 heterocycles. The number of anilines is 1. The molecule has 0 saturated heterocycles. The number of nitrogens with one attached hydrogen (secondary N) is 1. The molecule has 0 bridgehead atoms. The van der Waals surface area contributed by atoms with Gasteiger partial charge in [-0.15, -0.1) is 11.3 Å². The normalized spacial score (nSPS) is 10.6. The van der Waals surface area contributed by atoms with E-state index in [2.05, 4.69) is 10.3 Å². The number of methoxy groups -OCH3 is 1. The quantitative estimate of drug-likeness (QED) is 0.570. The van der Waals surface area contributed by atoms with Crippen molar-refractivity contribution < 1.29 is 19.1 Å². The van der Waals surface area contributed by atoms with Gasteiger partial charge in [0, 0.05) is 16.6 Å². The fourth-order valence-corrected chi connectivity index (χ4v) is 3.53. The summed E-state index contributed by atoms with van der Waals surface area (Å²) in [7, 11) is 1.60. The van der Waals surface area contributed by atoms with E-state index in [1.54, 1.807) is 12.5 Å². The van der Waals surface area contributed by atoms with Gasteiger partial charge in [0.1, 0.15) is 10.8 Å². The second kappa shape index (κ2) is 9.34. The minimum atomic E-state index is -0.631. The van der Waals surface area contributed by atoms with Crippen molar-refractivity contribution in [3.8, 4) is 16.3 Å². The molecule has 2 aromatic carbocycles. The van der Waals surface area contributed by atoms with Crippen LogP contribution in [0.25, 0.3) is 10.6 Å². The summed E-state index contributed by atoms with van der Waals surface area (Å²) >= 11 is 1.33. The Balaban J connectivity index is 1.58. The summed E-state index contributed by atoms with van der Waals surface area (Å²) in [6.45, 7) is 3.72. The summed E-state index contributed by atoms with van der Waals surface area (Å²) in [5, 5.41) is 5.10. The number of esters is 1. The van der Waals surface area contributed by atoms with Gasteiger partial charge in [0.2, 0.25) is 0 Å². The predicted octanol–water partition coefficient (Wildman–Crippen LogP) is 4.74. The number of hydrogen-bond donors (Lipinski definition) is 1. The third-order valence-electron chi connectivity index (χ3n) is 4.24. The zero-order valence-corrected chi connectivity index (χ0v) is 17.3. The molecule has 0 fully saturated rings. The van der Waals surface area contributed by atoms with Gasteiger partial charge < -0.3 is 14.8 Å². The third kappa shape index (κ3) is 5.20. The first kappa shape index (κ1) is 20.5. The van der Waals surface area contributed by atoms with Gasteiger partial charge in [-0.3, -0.25) is 4.79 Å². The first-order valence-electron chi connectivity index (χ1n) is 9.13. The number of carbonyl (C=O) groups excluding carboxylic acids is 2. The van der Waals surface area contributed by atoms with E-state index in [0.29, 0.717) is 5.01 Å². The van der Waals surface area contributed by atoms with Crippen molar-refractivity contribution in [1.82, 2.24) is 4.98 Å². The van der Waals surface area contributed by atoms with Gasteiger partial charge in [-0.2, -0.15) is 0 Å². The van der Waals surface area contributed by atoms with E-state index in [4.69, 9.17) is 9.47 Å². The van der Waals surface area contributed by atoms with Crippen LogP contribution in [-0.4, -0.2) is 30.6 Å². The number of ether oxygens (including phenoxy) is 2. The number of benzene rings is 2. The monoisotopic (exact) mass is 410 g/mol. The maximum atomic E-state index is 12.2. The molecule has 0 radical (unpaired) electrons. The number of para-hydroxylation sites is 1. The molecule has 3 rings (SSSR count). The highest BCUT2D eigenvalue weighted by Crippen LogP contribution is 2.26. The molecular formula is C22H22N2O4S. The fourth-order valence-electron chi connectivity index (χ4n) is 2.74. The molecule has 0 aliphatic rings. The number of carbonyl (C=O) groups is 2. The molecular weight excluding hydrogens is 388 g/mol. The maximum Gasteiger partial charge on any atom is 0.358 e. The summed E-state index contributed by atoms with van der Waals surface area (Å²) in [6.07, 6.45) is 0. The highest BCUT2D eigenvalue weighted by molar-refractivity contribution is 7.13. The van der Waals surface area contributed by atoms with Crippen LogP contribution in [0.4, 0.5) is 5.69 Å². The number of hydrogen-bond acceptors (Lipinski definition) is 6. The number of amides is 1. The van der Waals surface area contributed by atoms with Crippen LogP contribution in [0.5, 0.6) is 5.75 Å². The van der Waals surface area contributed by atoms with E-state index in [0.717, 1.165) is 22.6 Å². The Morgan fingerprint density at radius 1 is 1.10 bits per heavy atom. The third-order valence-corrected chi connectivity index (χ3v) is 5.13. The van der Waals surface area contributed by atoms with E-state index in [9.17, 15) is 9.59 Å². The maximum absolute atomic E-state index is 12.2. The fraction of sp³-hybridized carbons (Fsp3) is 0.227. The van der Waals surface area contributed by atoms with Crippen LogP contribution in [0.15, 0.2) is 53.9 Å². The SMILES string of the molecule is COc1ccc(-c2nc(C(=O)OCC(=O)Nc3ccccc3C(C)C)cs2)cc1. The molecule has 0 aliphatic heterocycles. The lowest BCUT2D eigenvalue weighted by molar-refractivity contribution is -0.119. The molecule has 1 amide bonds. The van der Waals surface area contributed by atoms with Crippen molar-refractivity contribution in [1.29, 1.82) is 0 Å². The van der Waals surface area contributed by atoms with Crippen molar-refractivity contribution in [2.75, 3.05) is 19.0 Å². The van der Waals surface area contributed by atoms with Crippen molar-refractivity contribution >= 4 is 28.9 Å². The standard InChI is InChI=1S/C22H22N2O4S/c1-14(2)17-6-4-5-7-18(17)23-20(25)12-28-22(26)19-13-29-21(24-19)15-8-10-16(27-3)11-9-15/h4-11,13-14H,12H2,1-3H3,(H,23,25). The predicted molar refractivity (Wildman–Crippen MR) is 114 cm³/mol. The van der Waals surface area contributed by atoms with Crippen molar-refractivity contribution in [2.45, 2.75) is 19.8 Å². The Labute approximate surface area is 173 Å². The van der Waals surface area contributed by atoms with Gasteiger partial charge in [0.25, 0.3) is 5.91 Å². The number of aromatic nitrogens is 1. The molecule has 7 heteroatoms. The van der Waals surface area contributed by atoms with E-state index < -0.39 is 11.9 Å². The Hall–Kier alpha value is -3.19. The lowest BCUT2D eigenvalue weighted by Gasteiger charge is -2.13.